The van der Waals surface area contributed by atoms with E-state index in [-0.39, 0.29) is 6.04 Å². The number of nitrogens with zero attached hydrogens (tertiary/aromatic N) is 2. The highest BCUT2D eigenvalue weighted by molar-refractivity contribution is 7.99. The van der Waals surface area contributed by atoms with Gasteiger partial charge in [-0.25, -0.2) is 0 Å². The van der Waals surface area contributed by atoms with Crippen molar-refractivity contribution in [1.29, 1.82) is 0 Å². The molecule has 2 heterocycles. The molecule has 1 saturated heterocycles. The van der Waals surface area contributed by atoms with E-state index in [4.69, 9.17) is 5.73 Å². The second-order valence-electron chi connectivity index (χ2n) is 6.83. The summed E-state index contributed by atoms with van der Waals surface area (Å²) >= 11 is 2.02. The predicted molar refractivity (Wildman–Crippen MR) is 96.5 cm³/mol. The van der Waals surface area contributed by atoms with Gasteiger partial charge in [-0.05, 0) is 55.2 Å². The van der Waals surface area contributed by atoms with E-state index in [1.165, 1.54) is 29.9 Å². The molecule has 0 aliphatic carbocycles. The second kappa shape index (κ2) is 6.57. The Bertz CT molecular complexity index is 656. The first-order chi connectivity index (χ1) is 10.9. The zero-order valence-corrected chi connectivity index (χ0v) is 14.6. The molecule has 0 saturated carbocycles. The van der Waals surface area contributed by atoms with Gasteiger partial charge in [0.1, 0.15) is 0 Å². The number of hydrogen-bond donors (Lipinski definition) is 2. The SMILES string of the molecule is CC(C)(O)c1cccc(C(C2CCSCC2)n2cc(N)cn2)c1. The van der Waals surface area contributed by atoms with Crippen LogP contribution in [-0.2, 0) is 5.60 Å². The summed E-state index contributed by atoms with van der Waals surface area (Å²) in [4.78, 5) is 0. The van der Waals surface area contributed by atoms with Crippen molar-refractivity contribution < 1.29 is 5.11 Å². The Balaban J connectivity index is 2.01. The standard InChI is InChI=1S/C18H25N3OS/c1-18(2,22)15-5-3-4-14(10-15)17(13-6-8-23-9-7-13)21-12-16(19)11-20-21/h3-5,10-13,17,22H,6-9,19H2,1-2H3. The molecule has 3 rings (SSSR count). The van der Waals surface area contributed by atoms with E-state index in [9.17, 15) is 5.11 Å². The topological polar surface area (TPSA) is 64.1 Å². The summed E-state index contributed by atoms with van der Waals surface area (Å²) < 4.78 is 2.00. The van der Waals surface area contributed by atoms with E-state index in [1.54, 1.807) is 6.20 Å². The van der Waals surface area contributed by atoms with Crippen molar-refractivity contribution in [2.24, 2.45) is 5.92 Å². The number of nitrogen functional groups attached to an aromatic ring is 1. The van der Waals surface area contributed by atoms with E-state index in [1.807, 2.05) is 48.6 Å². The lowest BCUT2D eigenvalue weighted by atomic mass is 9.86. The fourth-order valence-corrected chi connectivity index (χ4v) is 4.42. The van der Waals surface area contributed by atoms with Gasteiger partial charge in [-0.1, -0.05) is 24.3 Å². The van der Waals surface area contributed by atoms with Crippen LogP contribution in [0.5, 0.6) is 0 Å². The van der Waals surface area contributed by atoms with Crippen LogP contribution in [0.3, 0.4) is 0 Å². The number of anilines is 1. The van der Waals surface area contributed by atoms with Crippen molar-refractivity contribution in [2.75, 3.05) is 17.2 Å². The molecule has 1 aromatic heterocycles. The van der Waals surface area contributed by atoms with E-state index < -0.39 is 5.60 Å². The summed E-state index contributed by atoms with van der Waals surface area (Å²) in [6.45, 7) is 3.65. The molecule has 124 valence electrons. The minimum absolute atomic E-state index is 0.176. The zero-order chi connectivity index (χ0) is 16.4. The molecule has 23 heavy (non-hydrogen) atoms. The maximum Gasteiger partial charge on any atom is 0.0840 e. The van der Waals surface area contributed by atoms with Gasteiger partial charge in [0.05, 0.1) is 23.5 Å². The Kier molecular flexibility index (Phi) is 4.69. The number of rotatable bonds is 4. The minimum Gasteiger partial charge on any atom is -0.396 e. The summed E-state index contributed by atoms with van der Waals surface area (Å²) in [6, 6.07) is 8.44. The summed E-state index contributed by atoms with van der Waals surface area (Å²) in [6.07, 6.45) is 6.00. The first kappa shape index (κ1) is 16.4. The molecule has 0 amide bonds. The molecule has 0 bridgehead atoms. The van der Waals surface area contributed by atoms with Crippen LogP contribution in [0.15, 0.2) is 36.7 Å². The van der Waals surface area contributed by atoms with E-state index >= 15 is 0 Å². The fourth-order valence-electron chi connectivity index (χ4n) is 3.28. The highest BCUT2D eigenvalue weighted by Crippen LogP contribution is 2.37. The largest absolute Gasteiger partial charge is 0.396 e. The quantitative estimate of drug-likeness (QED) is 0.901. The van der Waals surface area contributed by atoms with Crippen molar-refractivity contribution in [3.05, 3.63) is 47.8 Å². The molecule has 1 unspecified atom stereocenters. The third-order valence-corrected chi connectivity index (χ3v) is 5.60. The molecule has 1 atom stereocenters. The lowest BCUT2D eigenvalue weighted by Gasteiger charge is -2.31. The number of aromatic nitrogens is 2. The van der Waals surface area contributed by atoms with E-state index in [2.05, 4.69) is 17.2 Å². The molecule has 3 N–H and O–H groups in total. The van der Waals surface area contributed by atoms with Gasteiger partial charge >= 0.3 is 0 Å². The normalized spacial score (nSPS) is 18.0. The van der Waals surface area contributed by atoms with Gasteiger partial charge in [0.25, 0.3) is 0 Å². The molecular formula is C18H25N3OS. The molecule has 5 heteroatoms. The van der Waals surface area contributed by atoms with Crippen LogP contribution in [0.1, 0.15) is 43.9 Å². The maximum atomic E-state index is 10.3. The monoisotopic (exact) mass is 331 g/mol. The van der Waals surface area contributed by atoms with Crippen LogP contribution in [0.25, 0.3) is 0 Å². The van der Waals surface area contributed by atoms with Crippen molar-refractivity contribution in [3.8, 4) is 0 Å². The van der Waals surface area contributed by atoms with Crippen molar-refractivity contribution in [3.63, 3.8) is 0 Å². The lowest BCUT2D eigenvalue weighted by Crippen LogP contribution is -2.25. The smallest absolute Gasteiger partial charge is 0.0840 e. The predicted octanol–water partition coefficient (Wildman–Crippen LogP) is 3.43. The first-order valence-corrected chi connectivity index (χ1v) is 9.31. The molecular weight excluding hydrogens is 306 g/mol. The van der Waals surface area contributed by atoms with Crippen LogP contribution in [0.2, 0.25) is 0 Å². The van der Waals surface area contributed by atoms with Crippen LogP contribution in [0, 0.1) is 5.92 Å². The lowest BCUT2D eigenvalue weighted by molar-refractivity contribution is 0.0784. The summed E-state index contributed by atoms with van der Waals surface area (Å²) in [5, 5.41) is 14.8. The van der Waals surface area contributed by atoms with Crippen LogP contribution in [0.4, 0.5) is 5.69 Å². The summed E-state index contributed by atoms with van der Waals surface area (Å²) in [5.41, 5.74) is 7.88. The van der Waals surface area contributed by atoms with Crippen LogP contribution < -0.4 is 5.73 Å². The number of nitrogens with two attached hydrogens (primary N) is 1. The van der Waals surface area contributed by atoms with Gasteiger partial charge in [-0.2, -0.15) is 16.9 Å². The third kappa shape index (κ3) is 3.72. The maximum absolute atomic E-state index is 10.3. The molecule has 0 spiro atoms. The molecule has 1 aliphatic heterocycles. The average molecular weight is 331 g/mol. The minimum atomic E-state index is -0.841. The Morgan fingerprint density at radius 3 is 2.70 bits per heavy atom. The summed E-state index contributed by atoms with van der Waals surface area (Å²) in [7, 11) is 0. The fraction of sp³-hybridized carbons (Fsp3) is 0.500. The third-order valence-electron chi connectivity index (χ3n) is 4.55. The second-order valence-corrected chi connectivity index (χ2v) is 8.06. The molecule has 2 aromatic rings. The highest BCUT2D eigenvalue weighted by atomic mass is 32.2. The van der Waals surface area contributed by atoms with Gasteiger partial charge < -0.3 is 10.8 Å². The molecule has 1 aromatic carbocycles. The Morgan fingerprint density at radius 2 is 2.09 bits per heavy atom. The Labute approximate surface area is 142 Å². The van der Waals surface area contributed by atoms with E-state index in [0.29, 0.717) is 11.6 Å². The average Bonchev–Trinajstić information content (AvgIpc) is 2.94. The number of benzene rings is 1. The van der Waals surface area contributed by atoms with Crippen molar-refractivity contribution >= 4 is 17.4 Å². The van der Waals surface area contributed by atoms with Gasteiger partial charge in [-0.15, -0.1) is 0 Å². The van der Waals surface area contributed by atoms with Crippen molar-refractivity contribution in [1.82, 2.24) is 9.78 Å². The summed E-state index contributed by atoms with van der Waals surface area (Å²) in [5.74, 6) is 2.94. The van der Waals surface area contributed by atoms with Gasteiger partial charge in [-0.3, -0.25) is 4.68 Å². The number of thioether (sulfide) groups is 1. The van der Waals surface area contributed by atoms with Crippen LogP contribution in [-0.4, -0.2) is 26.4 Å². The highest BCUT2D eigenvalue weighted by Gasteiger charge is 2.28. The molecule has 1 aliphatic rings. The molecule has 1 fully saturated rings. The first-order valence-electron chi connectivity index (χ1n) is 8.15. The van der Waals surface area contributed by atoms with Gasteiger partial charge in [0.15, 0.2) is 0 Å². The zero-order valence-electron chi connectivity index (χ0n) is 13.8. The number of aliphatic hydroxyl groups is 1. The number of hydrogen-bond acceptors (Lipinski definition) is 4. The van der Waals surface area contributed by atoms with Crippen LogP contribution >= 0.6 is 11.8 Å². The van der Waals surface area contributed by atoms with Gasteiger partial charge in [0.2, 0.25) is 0 Å². The Morgan fingerprint density at radius 1 is 1.35 bits per heavy atom. The molecule has 0 radical (unpaired) electrons. The van der Waals surface area contributed by atoms with Crippen molar-refractivity contribution in [2.45, 2.75) is 38.3 Å². The van der Waals surface area contributed by atoms with E-state index in [0.717, 1.165) is 5.56 Å². The van der Waals surface area contributed by atoms with Gasteiger partial charge in [0, 0.05) is 6.20 Å². The Hall–Kier alpha value is -1.46. The molecule has 4 nitrogen and oxygen atoms in total.